The third-order valence-corrected chi connectivity index (χ3v) is 2.53. The number of hydrogen-bond acceptors (Lipinski definition) is 2. The standard InChI is InChI=1S/C8H17NO2.C6H14/c1-2-3-4-5-7(10)6-8(9)11;1-3-5-6-4-2/h7,10H,2-6H2,1H3,(H2,9,11);3-6H2,1-2H3/t7-;/m1./s1. The Balaban J connectivity index is 0. The summed E-state index contributed by atoms with van der Waals surface area (Å²) in [6, 6.07) is 0. The number of aliphatic hydroxyl groups is 1. The zero-order valence-electron chi connectivity index (χ0n) is 11.9. The molecule has 0 aliphatic heterocycles. The van der Waals surface area contributed by atoms with E-state index in [1.54, 1.807) is 0 Å². The molecule has 0 radical (unpaired) electrons. The van der Waals surface area contributed by atoms with E-state index in [2.05, 4.69) is 20.8 Å². The topological polar surface area (TPSA) is 63.3 Å². The fourth-order valence-corrected chi connectivity index (χ4v) is 1.46. The molecule has 0 fully saturated rings. The lowest BCUT2D eigenvalue weighted by Crippen LogP contribution is -2.19. The molecule has 0 aromatic carbocycles. The monoisotopic (exact) mass is 245 g/mol. The van der Waals surface area contributed by atoms with Crippen molar-refractivity contribution in [1.29, 1.82) is 0 Å². The van der Waals surface area contributed by atoms with Crippen LogP contribution in [0.1, 0.15) is 78.6 Å². The number of aliphatic hydroxyl groups excluding tert-OH is 1. The highest BCUT2D eigenvalue weighted by Crippen LogP contribution is 2.05. The molecule has 0 aromatic rings. The molecule has 3 nitrogen and oxygen atoms in total. The van der Waals surface area contributed by atoms with Gasteiger partial charge in [-0.1, -0.05) is 65.7 Å². The van der Waals surface area contributed by atoms with E-state index < -0.39 is 12.0 Å². The molecule has 0 saturated carbocycles. The predicted octanol–water partition coefficient (Wildman–Crippen LogP) is 3.39. The van der Waals surface area contributed by atoms with Crippen molar-refractivity contribution in [3.63, 3.8) is 0 Å². The van der Waals surface area contributed by atoms with Gasteiger partial charge in [-0.2, -0.15) is 0 Å². The molecule has 0 rings (SSSR count). The zero-order valence-corrected chi connectivity index (χ0v) is 11.9. The van der Waals surface area contributed by atoms with Crippen LogP contribution in [0.4, 0.5) is 0 Å². The van der Waals surface area contributed by atoms with Gasteiger partial charge in [-0.15, -0.1) is 0 Å². The van der Waals surface area contributed by atoms with Gasteiger partial charge in [-0.25, -0.2) is 0 Å². The largest absolute Gasteiger partial charge is 0.393 e. The molecule has 1 amide bonds. The maximum absolute atomic E-state index is 10.3. The first-order chi connectivity index (χ1) is 8.08. The summed E-state index contributed by atoms with van der Waals surface area (Å²) in [5.74, 6) is -0.422. The molecule has 3 N–H and O–H groups in total. The number of amides is 1. The van der Waals surface area contributed by atoms with Gasteiger partial charge in [-0.05, 0) is 6.42 Å². The molecule has 3 heteroatoms. The Morgan fingerprint density at radius 3 is 1.76 bits per heavy atom. The van der Waals surface area contributed by atoms with Crippen LogP contribution in [-0.4, -0.2) is 17.1 Å². The maximum Gasteiger partial charge on any atom is 0.220 e. The van der Waals surface area contributed by atoms with Crippen LogP contribution in [0.15, 0.2) is 0 Å². The third kappa shape index (κ3) is 21.3. The van der Waals surface area contributed by atoms with Gasteiger partial charge in [0.05, 0.1) is 12.5 Å². The quantitative estimate of drug-likeness (QED) is 0.612. The van der Waals surface area contributed by atoms with E-state index in [9.17, 15) is 4.79 Å². The van der Waals surface area contributed by atoms with Gasteiger partial charge in [0.25, 0.3) is 0 Å². The third-order valence-electron chi connectivity index (χ3n) is 2.53. The van der Waals surface area contributed by atoms with Crippen molar-refractivity contribution in [2.45, 2.75) is 84.7 Å². The average Bonchev–Trinajstić information content (AvgIpc) is 2.26. The van der Waals surface area contributed by atoms with E-state index >= 15 is 0 Å². The van der Waals surface area contributed by atoms with Crippen molar-refractivity contribution < 1.29 is 9.90 Å². The predicted molar refractivity (Wildman–Crippen MR) is 73.8 cm³/mol. The van der Waals surface area contributed by atoms with Crippen LogP contribution in [0.2, 0.25) is 0 Å². The van der Waals surface area contributed by atoms with Gasteiger partial charge in [-0.3, -0.25) is 4.79 Å². The van der Waals surface area contributed by atoms with Gasteiger partial charge in [0.15, 0.2) is 0 Å². The molecule has 0 aliphatic carbocycles. The Hall–Kier alpha value is -0.570. The second-order valence-corrected chi connectivity index (χ2v) is 4.53. The molecular weight excluding hydrogens is 214 g/mol. The van der Waals surface area contributed by atoms with Crippen molar-refractivity contribution >= 4 is 5.91 Å². The first-order valence-electron chi connectivity index (χ1n) is 7.04. The minimum Gasteiger partial charge on any atom is -0.393 e. The fourth-order valence-electron chi connectivity index (χ4n) is 1.46. The van der Waals surface area contributed by atoms with Crippen LogP contribution in [-0.2, 0) is 4.79 Å². The van der Waals surface area contributed by atoms with Crippen molar-refractivity contribution in [1.82, 2.24) is 0 Å². The number of unbranched alkanes of at least 4 members (excludes halogenated alkanes) is 5. The Morgan fingerprint density at radius 2 is 1.41 bits per heavy atom. The summed E-state index contributed by atoms with van der Waals surface area (Å²) < 4.78 is 0. The second kappa shape index (κ2) is 15.4. The van der Waals surface area contributed by atoms with Crippen molar-refractivity contribution in [3.8, 4) is 0 Å². The number of nitrogens with two attached hydrogens (primary N) is 1. The summed E-state index contributed by atoms with van der Waals surface area (Å²) >= 11 is 0. The van der Waals surface area contributed by atoms with E-state index in [4.69, 9.17) is 10.8 Å². The summed E-state index contributed by atoms with van der Waals surface area (Å²) in [6.45, 7) is 6.56. The van der Waals surface area contributed by atoms with E-state index in [0.29, 0.717) is 6.42 Å². The smallest absolute Gasteiger partial charge is 0.220 e. The number of hydrogen-bond donors (Lipinski definition) is 2. The number of rotatable bonds is 9. The van der Waals surface area contributed by atoms with Crippen molar-refractivity contribution in [3.05, 3.63) is 0 Å². The Morgan fingerprint density at radius 1 is 1.00 bits per heavy atom. The van der Waals surface area contributed by atoms with Gasteiger partial charge in [0, 0.05) is 0 Å². The number of carbonyl (C=O) groups excluding carboxylic acids is 1. The number of carbonyl (C=O) groups is 1. The van der Waals surface area contributed by atoms with E-state index in [-0.39, 0.29) is 6.42 Å². The number of primary amides is 1. The van der Waals surface area contributed by atoms with Gasteiger partial charge in [0.1, 0.15) is 0 Å². The highest BCUT2D eigenvalue weighted by Gasteiger charge is 2.06. The molecule has 0 spiro atoms. The Bertz CT molecular complexity index is 156. The average molecular weight is 245 g/mol. The first-order valence-corrected chi connectivity index (χ1v) is 7.04. The van der Waals surface area contributed by atoms with Crippen molar-refractivity contribution in [2.75, 3.05) is 0 Å². The maximum atomic E-state index is 10.3. The Labute approximate surface area is 107 Å². The molecule has 0 bridgehead atoms. The zero-order chi connectivity index (χ0) is 13.5. The minimum atomic E-state index is -0.529. The summed E-state index contributed by atoms with van der Waals surface area (Å²) in [4.78, 5) is 10.3. The highest BCUT2D eigenvalue weighted by molar-refractivity contribution is 5.74. The van der Waals surface area contributed by atoms with Gasteiger partial charge >= 0.3 is 0 Å². The van der Waals surface area contributed by atoms with Crippen LogP contribution >= 0.6 is 0 Å². The lowest BCUT2D eigenvalue weighted by Gasteiger charge is -2.06. The van der Waals surface area contributed by atoms with Crippen LogP contribution in [0.5, 0.6) is 0 Å². The SMILES string of the molecule is CCCCCC.CCCCC[C@@H](O)CC(N)=O. The van der Waals surface area contributed by atoms with Crippen LogP contribution in [0.25, 0.3) is 0 Å². The lowest BCUT2D eigenvalue weighted by molar-refractivity contribution is -0.119. The molecule has 0 aliphatic rings. The molecule has 1 atom stereocenters. The normalized spacial score (nSPS) is 11.5. The lowest BCUT2D eigenvalue weighted by atomic mass is 10.1. The Kier molecular flexibility index (Phi) is 17.1. The van der Waals surface area contributed by atoms with Gasteiger partial charge in [0.2, 0.25) is 5.91 Å². The first kappa shape index (κ1) is 18.8. The van der Waals surface area contributed by atoms with Gasteiger partial charge < -0.3 is 10.8 Å². The van der Waals surface area contributed by atoms with Crippen LogP contribution in [0.3, 0.4) is 0 Å². The summed E-state index contributed by atoms with van der Waals surface area (Å²) in [5, 5.41) is 9.15. The molecule has 0 heterocycles. The summed E-state index contributed by atoms with van der Waals surface area (Å²) in [5.41, 5.74) is 4.90. The minimum absolute atomic E-state index is 0.101. The molecule has 0 saturated heterocycles. The molecule has 0 aromatic heterocycles. The molecular formula is C14H31NO2. The highest BCUT2D eigenvalue weighted by atomic mass is 16.3. The molecule has 0 unspecified atom stereocenters. The molecule has 104 valence electrons. The van der Waals surface area contributed by atoms with E-state index in [0.717, 1.165) is 19.3 Å². The summed E-state index contributed by atoms with van der Waals surface area (Å²) in [6.07, 6.45) is 9.01. The van der Waals surface area contributed by atoms with Crippen LogP contribution < -0.4 is 5.73 Å². The molecule has 17 heavy (non-hydrogen) atoms. The van der Waals surface area contributed by atoms with E-state index in [1.165, 1.54) is 25.7 Å². The van der Waals surface area contributed by atoms with Crippen molar-refractivity contribution in [2.24, 2.45) is 5.73 Å². The van der Waals surface area contributed by atoms with E-state index in [1.807, 2.05) is 0 Å². The fraction of sp³-hybridized carbons (Fsp3) is 0.929. The van der Waals surface area contributed by atoms with Crippen LogP contribution in [0, 0.1) is 0 Å². The second-order valence-electron chi connectivity index (χ2n) is 4.53. The summed E-state index contributed by atoms with van der Waals surface area (Å²) in [7, 11) is 0.